The maximum Gasteiger partial charge on any atom is 0.339 e. The molecule has 0 spiro atoms. The highest BCUT2D eigenvalue weighted by Crippen LogP contribution is 2.25. The number of aromatic carboxylic acids is 1. The van der Waals surface area contributed by atoms with Crippen LogP contribution in [0.15, 0.2) is 34.7 Å². The molecule has 0 radical (unpaired) electrons. The SMILES string of the molecule is CCc1oc(C(=O)N(C)C(C)c2ccccc2F)cc1C(=O)O. The van der Waals surface area contributed by atoms with E-state index in [0.717, 1.165) is 0 Å². The topological polar surface area (TPSA) is 70.8 Å². The lowest BCUT2D eigenvalue weighted by atomic mass is 10.1. The molecule has 1 aromatic carbocycles. The Balaban J connectivity index is 2.29. The summed E-state index contributed by atoms with van der Waals surface area (Å²) < 4.78 is 19.2. The summed E-state index contributed by atoms with van der Waals surface area (Å²) in [5.41, 5.74) is 0.354. The second-order valence-corrected chi connectivity index (χ2v) is 5.22. The van der Waals surface area contributed by atoms with Gasteiger partial charge >= 0.3 is 5.97 Å². The van der Waals surface area contributed by atoms with E-state index in [9.17, 15) is 14.0 Å². The number of amides is 1. The van der Waals surface area contributed by atoms with Crippen molar-refractivity contribution in [3.63, 3.8) is 0 Å². The molecule has 0 aliphatic rings. The van der Waals surface area contributed by atoms with Gasteiger partial charge < -0.3 is 14.4 Å². The number of nitrogens with zero attached hydrogens (tertiary/aromatic N) is 1. The van der Waals surface area contributed by atoms with Gasteiger partial charge in [-0.15, -0.1) is 0 Å². The van der Waals surface area contributed by atoms with Gasteiger partial charge in [-0.3, -0.25) is 4.79 Å². The average molecular weight is 319 g/mol. The summed E-state index contributed by atoms with van der Waals surface area (Å²) >= 11 is 0. The Morgan fingerprint density at radius 1 is 1.35 bits per heavy atom. The first-order valence-corrected chi connectivity index (χ1v) is 7.24. The van der Waals surface area contributed by atoms with Crippen LogP contribution in [0.2, 0.25) is 0 Å². The molecule has 5 nitrogen and oxygen atoms in total. The molecule has 1 atom stereocenters. The highest BCUT2D eigenvalue weighted by molar-refractivity contribution is 5.96. The third kappa shape index (κ3) is 3.26. The number of halogens is 1. The smallest absolute Gasteiger partial charge is 0.339 e. The van der Waals surface area contributed by atoms with E-state index in [0.29, 0.717) is 12.0 Å². The minimum Gasteiger partial charge on any atom is -0.478 e. The molecule has 1 N–H and O–H groups in total. The van der Waals surface area contributed by atoms with Crippen LogP contribution in [0.4, 0.5) is 4.39 Å². The number of furan rings is 1. The number of carbonyl (C=O) groups is 2. The maximum atomic E-state index is 13.9. The normalized spacial score (nSPS) is 12.0. The number of aryl methyl sites for hydroxylation is 1. The molecule has 0 aliphatic carbocycles. The number of carbonyl (C=O) groups excluding carboxylic acids is 1. The first-order chi connectivity index (χ1) is 10.9. The maximum absolute atomic E-state index is 13.9. The Hall–Kier alpha value is -2.63. The van der Waals surface area contributed by atoms with E-state index in [1.807, 2.05) is 0 Å². The predicted molar refractivity (Wildman–Crippen MR) is 82.0 cm³/mol. The Kier molecular flexibility index (Phi) is 4.83. The van der Waals surface area contributed by atoms with Crippen molar-refractivity contribution in [1.82, 2.24) is 4.90 Å². The van der Waals surface area contributed by atoms with Crippen LogP contribution in [0.3, 0.4) is 0 Å². The van der Waals surface area contributed by atoms with Crippen molar-refractivity contribution in [1.29, 1.82) is 0 Å². The van der Waals surface area contributed by atoms with Crippen molar-refractivity contribution in [2.75, 3.05) is 7.05 Å². The molecule has 1 unspecified atom stereocenters. The van der Waals surface area contributed by atoms with E-state index in [1.54, 1.807) is 32.0 Å². The summed E-state index contributed by atoms with van der Waals surface area (Å²) in [6.07, 6.45) is 0.363. The minimum atomic E-state index is -1.14. The van der Waals surface area contributed by atoms with Crippen LogP contribution >= 0.6 is 0 Å². The number of benzene rings is 1. The zero-order valence-corrected chi connectivity index (χ0v) is 13.2. The van der Waals surface area contributed by atoms with Gasteiger partial charge in [0.05, 0.1) is 6.04 Å². The van der Waals surface area contributed by atoms with Crippen LogP contribution in [0.1, 0.15) is 52.1 Å². The fourth-order valence-electron chi connectivity index (χ4n) is 2.35. The zero-order chi connectivity index (χ0) is 17.1. The summed E-state index contributed by atoms with van der Waals surface area (Å²) in [5.74, 6) is -1.87. The van der Waals surface area contributed by atoms with Gasteiger partial charge in [0.25, 0.3) is 5.91 Å². The fraction of sp³-hybridized carbons (Fsp3) is 0.294. The number of carboxylic acids is 1. The number of hydrogen-bond acceptors (Lipinski definition) is 3. The predicted octanol–water partition coefficient (Wildman–Crippen LogP) is 3.51. The summed E-state index contributed by atoms with van der Waals surface area (Å²) in [7, 11) is 1.52. The Morgan fingerprint density at radius 2 is 2.00 bits per heavy atom. The van der Waals surface area contributed by atoms with E-state index >= 15 is 0 Å². The van der Waals surface area contributed by atoms with E-state index in [1.165, 1.54) is 24.1 Å². The lowest BCUT2D eigenvalue weighted by Gasteiger charge is -2.24. The van der Waals surface area contributed by atoms with Gasteiger partial charge in [-0.2, -0.15) is 0 Å². The minimum absolute atomic E-state index is 0.0252. The monoisotopic (exact) mass is 319 g/mol. The first kappa shape index (κ1) is 16.7. The average Bonchev–Trinajstić information content (AvgIpc) is 2.98. The van der Waals surface area contributed by atoms with Gasteiger partial charge in [-0.1, -0.05) is 25.1 Å². The molecule has 0 fully saturated rings. The summed E-state index contributed by atoms with van der Waals surface area (Å²) in [6, 6.07) is 6.89. The van der Waals surface area contributed by atoms with Gasteiger partial charge in [0, 0.05) is 25.1 Å². The van der Waals surface area contributed by atoms with Gasteiger partial charge in [0.1, 0.15) is 17.1 Å². The van der Waals surface area contributed by atoms with Crippen molar-refractivity contribution in [3.05, 3.63) is 58.8 Å². The number of carboxylic acid groups (broad SMARTS) is 1. The van der Waals surface area contributed by atoms with E-state index in [-0.39, 0.29) is 17.1 Å². The van der Waals surface area contributed by atoms with Crippen LogP contribution in [0, 0.1) is 5.82 Å². The van der Waals surface area contributed by atoms with Gasteiger partial charge in [-0.25, -0.2) is 9.18 Å². The van der Waals surface area contributed by atoms with Crippen molar-refractivity contribution < 1.29 is 23.5 Å². The van der Waals surface area contributed by atoms with Crippen LogP contribution < -0.4 is 0 Å². The Bertz CT molecular complexity index is 738. The highest BCUT2D eigenvalue weighted by atomic mass is 19.1. The quantitative estimate of drug-likeness (QED) is 0.915. The molecule has 1 aromatic heterocycles. The Morgan fingerprint density at radius 3 is 2.52 bits per heavy atom. The molecule has 0 saturated heterocycles. The van der Waals surface area contributed by atoms with Crippen molar-refractivity contribution in [3.8, 4) is 0 Å². The fourth-order valence-corrected chi connectivity index (χ4v) is 2.35. The summed E-state index contributed by atoms with van der Waals surface area (Å²) in [6.45, 7) is 3.43. The molecule has 0 bridgehead atoms. The van der Waals surface area contributed by atoms with Crippen molar-refractivity contribution in [2.45, 2.75) is 26.3 Å². The molecule has 6 heteroatoms. The highest BCUT2D eigenvalue weighted by Gasteiger charge is 2.26. The van der Waals surface area contributed by atoms with Crippen LogP contribution in [0.5, 0.6) is 0 Å². The molecule has 0 aliphatic heterocycles. The largest absolute Gasteiger partial charge is 0.478 e. The van der Waals surface area contributed by atoms with Crippen molar-refractivity contribution >= 4 is 11.9 Å². The van der Waals surface area contributed by atoms with Gasteiger partial charge in [0.2, 0.25) is 0 Å². The van der Waals surface area contributed by atoms with Gasteiger partial charge in [-0.05, 0) is 13.0 Å². The van der Waals surface area contributed by atoms with Crippen molar-refractivity contribution in [2.24, 2.45) is 0 Å². The molecule has 2 rings (SSSR count). The molecule has 1 amide bonds. The second-order valence-electron chi connectivity index (χ2n) is 5.22. The van der Waals surface area contributed by atoms with E-state index in [2.05, 4.69) is 0 Å². The molecule has 2 aromatic rings. The van der Waals surface area contributed by atoms with Gasteiger partial charge in [0.15, 0.2) is 5.76 Å². The van der Waals surface area contributed by atoms with Crippen LogP contribution in [-0.2, 0) is 6.42 Å². The van der Waals surface area contributed by atoms with E-state index in [4.69, 9.17) is 9.52 Å². The summed E-state index contributed by atoms with van der Waals surface area (Å²) in [4.78, 5) is 25.0. The standard InChI is InChI=1S/C17H18FNO4/c1-4-14-12(17(21)22)9-15(23-14)16(20)19(3)10(2)11-7-5-6-8-13(11)18/h5-10H,4H2,1-3H3,(H,21,22). The van der Waals surface area contributed by atoms with E-state index < -0.39 is 23.7 Å². The molecule has 23 heavy (non-hydrogen) atoms. The first-order valence-electron chi connectivity index (χ1n) is 7.24. The summed E-state index contributed by atoms with van der Waals surface area (Å²) in [5, 5.41) is 9.12. The third-order valence-electron chi connectivity index (χ3n) is 3.83. The molecular formula is C17H18FNO4. The Labute approximate surface area is 133 Å². The second kappa shape index (κ2) is 6.64. The molecule has 1 heterocycles. The third-order valence-corrected chi connectivity index (χ3v) is 3.83. The molecule has 122 valence electrons. The lowest BCUT2D eigenvalue weighted by molar-refractivity contribution is 0.0688. The lowest BCUT2D eigenvalue weighted by Crippen LogP contribution is -2.29. The van der Waals surface area contributed by atoms with Crippen LogP contribution in [0.25, 0.3) is 0 Å². The van der Waals surface area contributed by atoms with Crippen LogP contribution in [-0.4, -0.2) is 28.9 Å². The molecular weight excluding hydrogens is 301 g/mol. The number of rotatable bonds is 5. The molecule has 0 saturated carbocycles. The zero-order valence-electron chi connectivity index (χ0n) is 13.2. The number of hydrogen-bond donors (Lipinski definition) is 1.